The molecule has 170 valence electrons. The lowest BCUT2D eigenvalue weighted by Gasteiger charge is -2.17. The topological polar surface area (TPSA) is 129 Å². The standard InChI is InChI=1S/C21H17F2N5O3S2/c22-15-2-1-3-16(23)17(15)18(29)19-20(25)27-21(32-19)26-13-8-9-28(11-13)33(30,31)14-6-4-12(10-24)5-7-14/h1-7,13H,8-9,11,25H2,(H,26,27)/t13-/m0/s1. The third-order valence-corrected chi connectivity index (χ3v) is 8.03. The van der Waals surface area contributed by atoms with Gasteiger partial charge in [0.15, 0.2) is 5.13 Å². The van der Waals surface area contributed by atoms with E-state index in [0.29, 0.717) is 12.0 Å². The summed E-state index contributed by atoms with van der Waals surface area (Å²) in [6, 6.07) is 10.4. The number of hydrogen-bond donors (Lipinski definition) is 2. The molecule has 4 rings (SSSR count). The van der Waals surface area contributed by atoms with Crippen molar-refractivity contribution in [3.05, 3.63) is 70.1 Å². The van der Waals surface area contributed by atoms with Crippen molar-refractivity contribution in [2.75, 3.05) is 24.1 Å². The molecule has 0 amide bonds. The predicted molar refractivity (Wildman–Crippen MR) is 118 cm³/mol. The predicted octanol–water partition coefficient (Wildman–Crippen LogP) is 2.98. The zero-order valence-corrected chi connectivity index (χ0v) is 18.6. The number of ketones is 1. The van der Waals surface area contributed by atoms with Gasteiger partial charge in [-0.25, -0.2) is 22.2 Å². The molecule has 1 saturated heterocycles. The van der Waals surface area contributed by atoms with Gasteiger partial charge in [0.2, 0.25) is 15.8 Å². The van der Waals surface area contributed by atoms with Crippen LogP contribution in [0.1, 0.15) is 27.2 Å². The van der Waals surface area contributed by atoms with Crippen molar-refractivity contribution < 1.29 is 22.0 Å². The van der Waals surface area contributed by atoms with Crippen molar-refractivity contribution in [3.8, 4) is 6.07 Å². The molecular weight excluding hydrogens is 472 g/mol. The number of benzene rings is 2. The van der Waals surface area contributed by atoms with Crippen LogP contribution in [-0.4, -0.2) is 42.6 Å². The summed E-state index contributed by atoms with van der Waals surface area (Å²) in [7, 11) is -3.75. The largest absolute Gasteiger partial charge is 0.382 e. The summed E-state index contributed by atoms with van der Waals surface area (Å²) >= 11 is 0.847. The molecule has 1 fully saturated rings. The van der Waals surface area contributed by atoms with Gasteiger partial charge >= 0.3 is 0 Å². The number of anilines is 2. The van der Waals surface area contributed by atoms with Crippen LogP contribution in [0.4, 0.5) is 19.7 Å². The Balaban J connectivity index is 1.48. The summed E-state index contributed by atoms with van der Waals surface area (Å²) in [5, 5.41) is 12.2. The zero-order chi connectivity index (χ0) is 23.8. The quantitative estimate of drug-likeness (QED) is 0.509. The number of halogens is 2. The molecule has 0 bridgehead atoms. The lowest BCUT2D eigenvalue weighted by atomic mass is 10.1. The Morgan fingerprint density at radius 2 is 1.88 bits per heavy atom. The summed E-state index contributed by atoms with van der Waals surface area (Å²) < 4.78 is 55.0. The van der Waals surface area contributed by atoms with Gasteiger partial charge in [0, 0.05) is 19.1 Å². The number of nitrogens with zero attached hydrogens (tertiary/aromatic N) is 3. The van der Waals surface area contributed by atoms with Crippen molar-refractivity contribution in [3.63, 3.8) is 0 Å². The van der Waals surface area contributed by atoms with E-state index in [2.05, 4.69) is 10.3 Å². The summed E-state index contributed by atoms with van der Waals surface area (Å²) in [4.78, 5) is 16.7. The number of nitrogens with two attached hydrogens (primary N) is 1. The summed E-state index contributed by atoms with van der Waals surface area (Å²) in [6.07, 6.45) is 0.472. The lowest BCUT2D eigenvalue weighted by molar-refractivity contribution is 0.103. The van der Waals surface area contributed by atoms with Crippen molar-refractivity contribution >= 4 is 38.1 Å². The fourth-order valence-electron chi connectivity index (χ4n) is 3.47. The number of aromatic nitrogens is 1. The number of nitrogens with one attached hydrogen (secondary N) is 1. The summed E-state index contributed by atoms with van der Waals surface area (Å²) in [5.41, 5.74) is 5.46. The smallest absolute Gasteiger partial charge is 0.243 e. The van der Waals surface area contributed by atoms with Crippen LogP contribution in [0.3, 0.4) is 0 Å². The minimum atomic E-state index is -3.75. The van der Waals surface area contributed by atoms with Crippen molar-refractivity contribution in [2.45, 2.75) is 17.4 Å². The van der Waals surface area contributed by atoms with Crippen LogP contribution >= 0.6 is 11.3 Å². The first-order valence-electron chi connectivity index (χ1n) is 9.72. The third kappa shape index (κ3) is 4.43. The molecule has 2 heterocycles. The number of nitrogen functional groups attached to an aromatic ring is 1. The fourth-order valence-corrected chi connectivity index (χ4v) is 5.88. The van der Waals surface area contributed by atoms with Crippen LogP contribution in [0.2, 0.25) is 0 Å². The fraction of sp³-hybridized carbons (Fsp3) is 0.190. The Kier molecular flexibility index (Phi) is 6.11. The summed E-state index contributed by atoms with van der Waals surface area (Å²) in [6.45, 7) is 0.403. The molecule has 33 heavy (non-hydrogen) atoms. The van der Waals surface area contributed by atoms with Crippen LogP contribution in [0.5, 0.6) is 0 Å². The Hall–Kier alpha value is -3.40. The number of nitriles is 1. The summed E-state index contributed by atoms with van der Waals surface area (Å²) in [5.74, 6) is -3.08. The van der Waals surface area contributed by atoms with E-state index in [1.54, 1.807) is 0 Å². The van der Waals surface area contributed by atoms with Gasteiger partial charge < -0.3 is 11.1 Å². The number of carbonyl (C=O) groups excluding carboxylic acids is 1. The van der Waals surface area contributed by atoms with Crippen LogP contribution in [0.15, 0.2) is 47.4 Å². The van der Waals surface area contributed by atoms with E-state index in [4.69, 9.17) is 11.0 Å². The average molecular weight is 490 g/mol. The molecular formula is C21H17F2N5O3S2. The molecule has 8 nitrogen and oxygen atoms in total. The number of rotatable bonds is 6. The monoisotopic (exact) mass is 489 g/mol. The normalized spacial score (nSPS) is 16.5. The highest BCUT2D eigenvalue weighted by atomic mass is 32.2. The SMILES string of the molecule is N#Cc1ccc(S(=O)(=O)N2CC[C@H](Nc3nc(N)c(C(=O)c4c(F)cccc4F)s3)C2)cc1. The molecule has 0 radical (unpaired) electrons. The first-order chi connectivity index (χ1) is 15.7. The van der Waals surface area contributed by atoms with E-state index in [0.717, 1.165) is 29.5 Å². The highest BCUT2D eigenvalue weighted by Gasteiger charge is 2.33. The molecule has 1 atom stereocenters. The van der Waals surface area contributed by atoms with Gasteiger partial charge in [0.05, 0.1) is 22.1 Å². The Morgan fingerprint density at radius 1 is 1.21 bits per heavy atom. The molecule has 1 aliphatic heterocycles. The van der Waals surface area contributed by atoms with E-state index in [9.17, 15) is 22.0 Å². The molecule has 3 N–H and O–H groups in total. The van der Waals surface area contributed by atoms with Gasteiger partial charge in [-0.1, -0.05) is 17.4 Å². The van der Waals surface area contributed by atoms with Crippen molar-refractivity contribution in [1.29, 1.82) is 5.26 Å². The van der Waals surface area contributed by atoms with Crippen LogP contribution in [-0.2, 0) is 10.0 Å². The van der Waals surface area contributed by atoms with Gasteiger partial charge in [-0.2, -0.15) is 9.57 Å². The molecule has 2 aromatic carbocycles. The Morgan fingerprint density at radius 3 is 2.52 bits per heavy atom. The molecule has 0 spiro atoms. The van der Waals surface area contributed by atoms with Gasteiger partial charge in [0.1, 0.15) is 22.3 Å². The minimum absolute atomic E-state index is 0.0837. The zero-order valence-electron chi connectivity index (χ0n) is 17.0. The highest BCUT2D eigenvalue weighted by Crippen LogP contribution is 2.31. The van der Waals surface area contributed by atoms with Gasteiger partial charge in [0.25, 0.3) is 0 Å². The lowest BCUT2D eigenvalue weighted by Crippen LogP contribution is -2.31. The van der Waals surface area contributed by atoms with Gasteiger partial charge in [-0.15, -0.1) is 0 Å². The van der Waals surface area contributed by atoms with E-state index in [1.807, 2.05) is 6.07 Å². The molecule has 0 saturated carbocycles. The van der Waals surface area contributed by atoms with E-state index in [-0.39, 0.29) is 39.9 Å². The maximum Gasteiger partial charge on any atom is 0.243 e. The van der Waals surface area contributed by atoms with E-state index < -0.39 is 33.0 Å². The molecule has 0 aliphatic carbocycles. The molecule has 1 aliphatic rings. The second-order valence-electron chi connectivity index (χ2n) is 7.29. The number of hydrogen-bond acceptors (Lipinski definition) is 8. The second-order valence-corrected chi connectivity index (χ2v) is 10.2. The van der Waals surface area contributed by atoms with Crippen LogP contribution < -0.4 is 11.1 Å². The highest BCUT2D eigenvalue weighted by molar-refractivity contribution is 7.89. The average Bonchev–Trinajstić information content (AvgIpc) is 3.40. The Bertz CT molecular complexity index is 1350. The number of thiazole rings is 1. The van der Waals surface area contributed by atoms with Crippen LogP contribution in [0.25, 0.3) is 0 Å². The van der Waals surface area contributed by atoms with E-state index >= 15 is 0 Å². The molecule has 12 heteroatoms. The molecule has 0 unspecified atom stereocenters. The molecule has 3 aromatic rings. The van der Waals surface area contributed by atoms with E-state index in [1.165, 1.54) is 28.6 Å². The second kappa shape index (κ2) is 8.86. The number of carbonyl (C=O) groups is 1. The maximum absolute atomic E-state index is 14.0. The first-order valence-corrected chi connectivity index (χ1v) is 12.0. The van der Waals surface area contributed by atoms with Crippen molar-refractivity contribution in [1.82, 2.24) is 9.29 Å². The van der Waals surface area contributed by atoms with Gasteiger partial charge in [-0.3, -0.25) is 4.79 Å². The van der Waals surface area contributed by atoms with Crippen LogP contribution in [0, 0.1) is 23.0 Å². The number of sulfonamides is 1. The maximum atomic E-state index is 14.0. The van der Waals surface area contributed by atoms with Crippen molar-refractivity contribution in [2.24, 2.45) is 0 Å². The Labute approximate surface area is 192 Å². The molecule has 1 aromatic heterocycles. The third-order valence-electron chi connectivity index (χ3n) is 5.15. The first kappa shape index (κ1) is 22.8. The minimum Gasteiger partial charge on any atom is -0.382 e. The van der Waals surface area contributed by atoms with Gasteiger partial charge in [-0.05, 0) is 42.8 Å².